The zero-order chi connectivity index (χ0) is 15.5. The normalized spacial score (nSPS) is 11.5. The zero-order valence-corrected chi connectivity index (χ0v) is 11.6. The van der Waals surface area contributed by atoms with Gasteiger partial charge in [0, 0.05) is 25.5 Å². The Bertz CT molecular complexity index is 597. The van der Waals surface area contributed by atoms with Gasteiger partial charge in [-0.05, 0) is 29.8 Å². The van der Waals surface area contributed by atoms with Crippen molar-refractivity contribution >= 4 is 5.69 Å². The number of anilines is 1. The minimum Gasteiger partial charge on any atom is -0.369 e. The van der Waals surface area contributed by atoms with Crippen LogP contribution in [0.4, 0.5) is 18.9 Å². The van der Waals surface area contributed by atoms with Gasteiger partial charge in [0.25, 0.3) is 0 Å². The van der Waals surface area contributed by atoms with E-state index >= 15 is 0 Å². The molecule has 0 aliphatic rings. The highest BCUT2D eigenvalue weighted by atomic mass is 19.4. The van der Waals surface area contributed by atoms with Gasteiger partial charge >= 0.3 is 6.18 Å². The van der Waals surface area contributed by atoms with Gasteiger partial charge in [-0.1, -0.05) is 12.1 Å². The fraction of sp³-hybridized carbons (Fsp3) is 0.267. The second-order valence-electron chi connectivity index (χ2n) is 4.72. The summed E-state index contributed by atoms with van der Waals surface area (Å²) in [5, 5.41) is 0. The highest BCUT2D eigenvalue weighted by Gasteiger charge is 2.33. The molecule has 1 heterocycles. The van der Waals surface area contributed by atoms with Crippen LogP contribution in [0.5, 0.6) is 0 Å². The van der Waals surface area contributed by atoms with Crippen LogP contribution in [0.15, 0.2) is 42.6 Å². The van der Waals surface area contributed by atoms with Crippen LogP contribution in [0.2, 0.25) is 0 Å². The maximum atomic E-state index is 13.0. The third kappa shape index (κ3) is 3.72. The monoisotopic (exact) mass is 295 g/mol. The van der Waals surface area contributed by atoms with Crippen LogP contribution in [0.3, 0.4) is 0 Å². The van der Waals surface area contributed by atoms with E-state index in [9.17, 15) is 13.2 Å². The average Bonchev–Trinajstić information content (AvgIpc) is 2.46. The minimum absolute atomic E-state index is 0.0949. The van der Waals surface area contributed by atoms with E-state index in [4.69, 9.17) is 5.73 Å². The summed E-state index contributed by atoms with van der Waals surface area (Å²) < 4.78 is 39.1. The van der Waals surface area contributed by atoms with Crippen LogP contribution in [-0.2, 0) is 19.3 Å². The molecule has 6 heteroatoms. The Labute approximate surface area is 121 Å². The lowest BCUT2D eigenvalue weighted by Crippen LogP contribution is -2.19. The summed E-state index contributed by atoms with van der Waals surface area (Å²) in [5.41, 5.74) is 6.05. The molecule has 3 nitrogen and oxygen atoms in total. The first kappa shape index (κ1) is 15.3. The summed E-state index contributed by atoms with van der Waals surface area (Å²) in [5.74, 6) is 0. The highest BCUT2D eigenvalue weighted by Crippen LogP contribution is 2.34. The number of rotatable bonds is 4. The van der Waals surface area contributed by atoms with E-state index in [2.05, 4.69) is 4.98 Å². The molecule has 0 saturated heterocycles. The molecule has 2 aromatic rings. The van der Waals surface area contributed by atoms with E-state index in [1.165, 1.54) is 6.07 Å². The molecule has 0 fully saturated rings. The second kappa shape index (κ2) is 6.13. The lowest BCUT2D eigenvalue weighted by Gasteiger charge is -2.21. The van der Waals surface area contributed by atoms with E-state index in [1.54, 1.807) is 30.3 Å². The van der Waals surface area contributed by atoms with Crippen molar-refractivity contribution in [2.45, 2.75) is 19.3 Å². The Balaban J connectivity index is 2.28. The Morgan fingerprint density at radius 2 is 1.95 bits per heavy atom. The quantitative estimate of drug-likeness (QED) is 0.942. The van der Waals surface area contributed by atoms with E-state index < -0.39 is 11.7 Å². The van der Waals surface area contributed by atoms with Crippen LogP contribution in [0, 0.1) is 0 Å². The summed E-state index contributed by atoms with van der Waals surface area (Å²) in [4.78, 5) is 5.89. The molecule has 1 aromatic carbocycles. The molecule has 0 bridgehead atoms. The van der Waals surface area contributed by atoms with Crippen molar-refractivity contribution in [1.82, 2.24) is 4.98 Å². The van der Waals surface area contributed by atoms with Gasteiger partial charge in [0.15, 0.2) is 0 Å². The predicted octanol–water partition coefficient (Wildman–Crippen LogP) is 3.20. The van der Waals surface area contributed by atoms with Gasteiger partial charge in [0.05, 0.1) is 17.8 Å². The van der Waals surface area contributed by atoms with Crippen molar-refractivity contribution in [2.24, 2.45) is 5.73 Å². The van der Waals surface area contributed by atoms with Crippen LogP contribution in [-0.4, -0.2) is 12.0 Å². The van der Waals surface area contributed by atoms with Crippen LogP contribution >= 0.6 is 0 Å². The summed E-state index contributed by atoms with van der Waals surface area (Å²) >= 11 is 0. The van der Waals surface area contributed by atoms with Gasteiger partial charge in [-0.2, -0.15) is 13.2 Å². The lowest BCUT2D eigenvalue weighted by atomic mass is 10.1. The van der Waals surface area contributed by atoms with Crippen molar-refractivity contribution in [2.75, 3.05) is 11.9 Å². The second-order valence-corrected chi connectivity index (χ2v) is 4.72. The maximum absolute atomic E-state index is 13.0. The Morgan fingerprint density at radius 1 is 1.19 bits per heavy atom. The van der Waals surface area contributed by atoms with E-state index in [0.717, 1.165) is 11.8 Å². The first-order chi connectivity index (χ1) is 9.91. The standard InChI is InChI=1S/C15H16F3N3/c1-21(10-12-4-2-3-7-20-12)13-6-5-11(9-19)14(8-13)15(16,17)18/h2-8H,9-10,19H2,1H3. The number of pyridine rings is 1. The van der Waals surface area contributed by atoms with Gasteiger partial charge in [0.2, 0.25) is 0 Å². The SMILES string of the molecule is CN(Cc1ccccn1)c1ccc(CN)c(C(F)(F)F)c1. The fourth-order valence-electron chi connectivity index (χ4n) is 2.07. The fourth-order valence-corrected chi connectivity index (χ4v) is 2.07. The van der Waals surface area contributed by atoms with Crippen LogP contribution in [0.25, 0.3) is 0 Å². The molecule has 0 saturated carbocycles. The van der Waals surface area contributed by atoms with Crippen molar-refractivity contribution in [3.63, 3.8) is 0 Å². The average molecular weight is 295 g/mol. The molecule has 21 heavy (non-hydrogen) atoms. The van der Waals surface area contributed by atoms with Crippen molar-refractivity contribution < 1.29 is 13.2 Å². The van der Waals surface area contributed by atoms with Gasteiger partial charge in [-0.15, -0.1) is 0 Å². The van der Waals surface area contributed by atoms with Crippen LogP contribution < -0.4 is 10.6 Å². The molecule has 0 amide bonds. The third-order valence-corrected chi connectivity index (χ3v) is 3.18. The number of hydrogen-bond donors (Lipinski definition) is 1. The third-order valence-electron chi connectivity index (χ3n) is 3.18. The molecule has 0 aliphatic heterocycles. The molecule has 0 radical (unpaired) electrons. The van der Waals surface area contributed by atoms with E-state index in [0.29, 0.717) is 12.2 Å². The molecule has 0 unspecified atom stereocenters. The number of aromatic nitrogens is 1. The number of nitrogens with zero attached hydrogens (tertiary/aromatic N) is 2. The molecule has 2 N–H and O–H groups in total. The molecule has 1 aromatic heterocycles. The van der Waals surface area contributed by atoms with Gasteiger partial charge in [-0.3, -0.25) is 4.98 Å². The topological polar surface area (TPSA) is 42.2 Å². The summed E-state index contributed by atoms with van der Waals surface area (Å²) in [7, 11) is 1.73. The molecule has 2 rings (SSSR count). The Kier molecular flexibility index (Phi) is 4.47. The predicted molar refractivity (Wildman–Crippen MR) is 75.7 cm³/mol. The lowest BCUT2D eigenvalue weighted by molar-refractivity contribution is -0.138. The Morgan fingerprint density at radius 3 is 2.52 bits per heavy atom. The number of halogens is 3. The van der Waals surface area contributed by atoms with Crippen molar-refractivity contribution in [1.29, 1.82) is 0 Å². The number of hydrogen-bond acceptors (Lipinski definition) is 3. The summed E-state index contributed by atoms with van der Waals surface area (Å²) in [6, 6.07) is 9.66. The maximum Gasteiger partial charge on any atom is 0.416 e. The molecular weight excluding hydrogens is 279 g/mol. The zero-order valence-electron chi connectivity index (χ0n) is 11.6. The molecule has 0 aliphatic carbocycles. The molecule has 0 atom stereocenters. The largest absolute Gasteiger partial charge is 0.416 e. The molecule has 112 valence electrons. The number of benzene rings is 1. The van der Waals surface area contributed by atoms with Gasteiger partial charge < -0.3 is 10.6 Å². The van der Waals surface area contributed by atoms with Gasteiger partial charge in [-0.25, -0.2) is 0 Å². The van der Waals surface area contributed by atoms with Crippen molar-refractivity contribution in [3.8, 4) is 0 Å². The summed E-state index contributed by atoms with van der Waals surface area (Å²) in [6.45, 7) is 0.291. The number of alkyl halides is 3. The molecular formula is C15H16F3N3. The van der Waals surface area contributed by atoms with Crippen molar-refractivity contribution in [3.05, 3.63) is 59.4 Å². The van der Waals surface area contributed by atoms with E-state index in [-0.39, 0.29) is 12.1 Å². The van der Waals surface area contributed by atoms with Crippen LogP contribution in [0.1, 0.15) is 16.8 Å². The first-order valence-corrected chi connectivity index (χ1v) is 6.43. The smallest absolute Gasteiger partial charge is 0.369 e. The summed E-state index contributed by atoms with van der Waals surface area (Å²) in [6.07, 6.45) is -2.75. The van der Waals surface area contributed by atoms with E-state index in [1.807, 2.05) is 12.1 Å². The highest BCUT2D eigenvalue weighted by molar-refractivity contribution is 5.51. The number of nitrogens with two attached hydrogens (primary N) is 1. The first-order valence-electron chi connectivity index (χ1n) is 6.43. The molecule has 0 spiro atoms. The Hall–Kier alpha value is -2.08. The van der Waals surface area contributed by atoms with Gasteiger partial charge in [0.1, 0.15) is 0 Å². The minimum atomic E-state index is -4.41.